The van der Waals surface area contributed by atoms with Crippen molar-refractivity contribution in [2.45, 2.75) is 25.2 Å². The minimum absolute atomic E-state index is 0.127. The molecule has 0 bridgehead atoms. The third-order valence-electron chi connectivity index (χ3n) is 5.59. The van der Waals surface area contributed by atoms with E-state index in [2.05, 4.69) is 42.3 Å². The van der Waals surface area contributed by atoms with Gasteiger partial charge in [-0.2, -0.15) is 4.31 Å². The maximum atomic E-state index is 13.1. The Morgan fingerprint density at radius 3 is 2.43 bits per heavy atom. The summed E-state index contributed by atoms with van der Waals surface area (Å²) < 4.78 is 40.1. The number of sulfonamides is 1. The fraction of sp³-hybridized carbons (Fsp3) is 0.318. The van der Waals surface area contributed by atoms with E-state index in [1.54, 1.807) is 11.3 Å². The van der Waals surface area contributed by atoms with E-state index in [-0.39, 0.29) is 4.90 Å². The van der Waals surface area contributed by atoms with Crippen LogP contribution in [0.25, 0.3) is 0 Å². The topological polar surface area (TPSA) is 53.5 Å². The van der Waals surface area contributed by atoms with Crippen LogP contribution in [0.4, 0.5) is 9.52 Å². The van der Waals surface area contributed by atoms with Crippen molar-refractivity contribution in [3.8, 4) is 0 Å². The summed E-state index contributed by atoms with van der Waals surface area (Å²) in [6, 6.07) is 11.3. The number of rotatable bonds is 5. The maximum absolute atomic E-state index is 13.1. The second-order valence-electron chi connectivity index (χ2n) is 7.50. The summed E-state index contributed by atoms with van der Waals surface area (Å²) in [6.07, 6.45) is 0.795. The van der Waals surface area contributed by atoms with Crippen LogP contribution in [0.3, 0.4) is 0 Å². The molecule has 0 radical (unpaired) electrons. The molecule has 4 rings (SSSR count). The molecule has 0 N–H and O–H groups in total. The number of thiazole rings is 1. The van der Waals surface area contributed by atoms with E-state index in [0.29, 0.717) is 26.2 Å². The highest BCUT2D eigenvalue weighted by Gasteiger charge is 2.29. The molecule has 0 atom stereocenters. The standard InChI is InChI=1S/C22H24FN3O2S2/c1-16-4-3-5-18(17(16)2)14-20-15-29-22(24-20)25-10-12-26(13-11-25)30(27,28)21-8-6-19(23)7-9-21/h3-9,15H,10-14H2,1-2H3. The van der Waals surface area contributed by atoms with E-state index in [1.807, 2.05) is 0 Å². The quantitative estimate of drug-likeness (QED) is 0.596. The van der Waals surface area contributed by atoms with Crippen LogP contribution >= 0.6 is 11.3 Å². The average molecular weight is 446 g/mol. The summed E-state index contributed by atoms with van der Waals surface area (Å²) in [5.74, 6) is -0.445. The van der Waals surface area contributed by atoms with Crippen LogP contribution < -0.4 is 4.90 Å². The van der Waals surface area contributed by atoms with Crippen LogP contribution in [-0.4, -0.2) is 43.9 Å². The lowest BCUT2D eigenvalue weighted by Gasteiger charge is -2.33. The molecule has 0 unspecified atom stereocenters. The van der Waals surface area contributed by atoms with Gasteiger partial charge in [0.25, 0.3) is 0 Å². The zero-order valence-corrected chi connectivity index (χ0v) is 18.6. The molecule has 2 heterocycles. The van der Waals surface area contributed by atoms with E-state index < -0.39 is 15.8 Å². The van der Waals surface area contributed by atoms with Crippen molar-refractivity contribution in [2.75, 3.05) is 31.1 Å². The van der Waals surface area contributed by atoms with Crippen LogP contribution in [-0.2, 0) is 16.4 Å². The number of piperazine rings is 1. The van der Waals surface area contributed by atoms with Crippen molar-refractivity contribution < 1.29 is 12.8 Å². The predicted octanol–water partition coefficient (Wildman–Crippen LogP) is 4.00. The van der Waals surface area contributed by atoms with Gasteiger partial charge in [-0.25, -0.2) is 17.8 Å². The third kappa shape index (κ3) is 4.26. The Kier molecular flexibility index (Phi) is 5.90. The van der Waals surface area contributed by atoms with Crippen LogP contribution in [0.1, 0.15) is 22.4 Å². The SMILES string of the molecule is Cc1cccc(Cc2csc(N3CCN(S(=O)(=O)c4ccc(F)cc4)CC3)n2)c1C. The van der Waals surface area contributed by atoms with Gasteiger partial charge in [-0.3, -0.25) is 0 Å². The number of hydrogen-bond donors (Lipinski definition) is 0. The first kappa shape index (κ1) is 21.0. The summed E-state index contributed by atoms with van der Waals surface area (Å²) in [4.78, 5) is 7.05. The van der Waals surface area contributed by atoms with Gasteiger partial charge in [-0.05, 0) is 54.8 Å². The van der Waals surface area contributed by atoms with Crippen LogP contribution in [0.5, 0.6) is 0 Å². The zero-order chi connectivity index (χ0) is 21.3. The lowest BCUT2D eigenvalue weighted by atomic mass is 10.0. The first-order valence-corrected chi connectivity index (χ1v) is 12.2. The van der Waals surface area contributed by atoms with Gasteiger partial charge in [0.1, 0.15) is 5.82 Å². The van der Waals surface area contributed by atoms with Gasteiger partial charge in [0.15, 0.2) is 5.13 Å². The molecule has 1 fully saturated rings. The summed E-state index contributed by atoms with van der Waals surface area (Å²) in [6.45, 7) is 6.18. The van der Waals surface area contributed by atoms with Gasteiger partial charge >= 0.3 is 0 Å². The van der Waals surface area contributed by atoms with Crippen molar-refractivity contribution in [2.24, 2.45) is 0 Å². The number of aryl methyl sites for hydroxylation is 1. The van der Waals surface area contributed by atoms with Crippen molar-refractivity contribution in [3.63, 3.8) is 0 Å². The molecular weight excluding hydrogens is 421 g/mol. The normalized spacial score (nSPS) is 15.5. The molecule has 1 aliphatic heterocycles. The van der Waals surface area contributed by atoms with Crippen molar-refractivity contribution in [1.29, 1.82) is 0 Å². The molecular formula is C22H24FN3O2S2. The monoisotopic (exact) mass is 445 g/mol. The molecule has 1 saturated heterocycles. The largest absolute Gasteiger partial charge is 0.345 e. The van der Waals surface area contributed by atoms with Gasteiger partial charge in [-0.1, -0.05) is 18.2 Å². The molecule has 1 aliphatic rings. The minimum atomic E-state index is -3.61. The second-order valence-corrected chi connectivity index (χ2v) is 10.3. The molecule has 1 aromatic heterocycles. The molecule has 0 spiro atoms. The van der Waals surface area contributed by atoms with E-state index in [9.17, 15) is 12.8 Å². The second kappa shape index (κ2) is 8.45. The number of hydrogen-bond acceptors (Lipinski definition) is 5. The molecule has 8 heteroatoms. The van der Waals surface area contributed by atoms with Gasteiger partial charge in [0.05, 0.1) is 10.6 Å². The number of halogens is 1. The van der Waals surface area contributed by atoms with E-state index >= 15 is 0 Å². The Morgan fingerprint density at radius 1 is 1.03 bits per heavy atom. The summed E-state index contributed by atoms with van der Waals surface area (Å²) in [5, 5.41) is 3.01. The Balaban J connectivity index is 1.41. The van der Waals surface area contributed by atoms with Crippen LogP contribution in [0.2, 0.25) is 0 Å². The fourth-order valence-electron chi connectivity index (χ4n) is 3.60. The number of benzene rings is 2. The van der Waals surface area contributed by atoms with Crippen molar-refractivity contribution in [3.05, 3.63) is 76.0 Å². The molecule has 5 nitrogen and oxygen atoms in total. The lowest BCUT2D eigenvalue weighted by molar-refractivity contribution is 0.384. The van der Waals surface area contributed by atoms with Crippen molar-refractivity contribution in [1.82, 2.24) is 9.29 Å². The van der Waals surface area contributed by atoms with Crippen molar-refractivity contribution >= 4 is 26.5 Å². The molecule has 0 amide bonds. The van der Waals surface area contributed by atoms with E-state index in [4.69, 9.17) is 4.98 Å². The highest BCUT2D eigenvalue weighted by Crippen LogP contribution is 2.26. The highest BCUT2D eigenvalue weighted by atomic mass is 32.2. The zero-order valence-electron chi connectivity index (χ0n) is 17.0. The third-order valence-corrected chi connectivity index (χ3v) is 8.45. The molecule has 0 saturated carbocycles. The fourth-order valence-corrected chi connectivity index (χ4v) is 5.90. The Bertz CT molecular complexity index is 1140. The maximum Gasteiger partial charge on any atom is 0.243 e. The lowest BCUT2D eigenvalue weighted by Crippen LogP contribution is -2.48. The van der Waals surface area contributed by atoms with Crippen LogP contribution in [0.15, 0.2) is 52.7 Å². The Labute approximate surface area is 180 Å². The van der Waals surface area contributed by atoms with E-state index in [1.165, 1.54) is 45.3 Å². The Morgan fingerprint density at radius 2 is 1.73 bits per heavy atom. The average Bonchev–Trinajstić information content (AvgIpc) is 3.20. The van der Waals surface area contributed by atoms with Crippen LogP contribution in [0, 0.1) is 19.7 Å². The first-order chi connectivity index (χ1) is 14.3. The predicted molar refractivity (Wildman–Crippen MR) is 118 cm³/mol. The van der Waals surface area contributed by atoms with Gasteiger partial charge in [0, 0.05) is 38.0 Å². The molecule has 0 aliphatic carbocycles. The number of aromatic nitrogens is 1. The van der Waals surface area contributed by atoms with Gasteiger partial charge in [0.2, 0.25) is 10.0 Å². The number of nitrogens with zero attached hydrogens (tertiary/aromatic N) is 3. The smallest absolute Gasteiger partial charge is 0.243 e. The van der Waals surface area contributed by atoms with Gasteiger partial charge < -0.3 is 4.90 Å². The molecule has 2 aromatic carbocycles. The Hall–Kier alpha value is -2.29. The summed E-state index contributed by atoms with van der Waals surface area (Å²) in [7, 11) is -3.61. The summed E-state index contributed by atoms with van der Waals surface area (Å²) in [5.41, 5.74) is 4.89. The molecule has 3 aromatic rings. The highest BCUT2D eigenvalue weighted by molar-refractivity contribution is 7.89. The minimum Gasteiger partial charge on any atom is -0.345 e. The van der Waals surface area contributed by atoms with E-state index in [0.717, 1.165) is 17.2 Å². The first-order valence-electron chi connectivity index (χ1n) is 9.85. The summed E-state index contributed by atoms with van der Waals surface area (Å²) >= 11 is 1.60. The molecule has 30 heavy (non-hydrogen) atoms. The molecule has 158 valence electrons. The number of anilines is 1. The van der Waals surface area contributed by atoms with Gasteiger partial charge in [-0.15, -0.1) is 11.3 Å².